The van der Waals surface area contributed by atoms with Gasteiger partial charge in [0.2, 0.25) is 5.82 Å². The molecular weight excluding hydrogens is 452 g/mol. The minimum atomic E-state index is -0.961. The van der Waals surface area contributed by atoms with Crippen LogP contribution in [0.3, 0.4) is 0 Å². The van der Waals surface area contributed by atoms with Crippen molar-refractivity contribution >= 4 is 0 Å². The van der Waals surface area contributed by atoms with E-state index < -0.39 is 23.3 Å². The van der Waals surface area contributed by atoms with Crippen molar-refractivity contribution < 1.29 is 22.3 Å². The monoisotopic (exact) mass is 488 g/mol. The first-order chi connectivity index (χ1) is 16.9. The van der Waals surface area contributed by atoms with Crippen molar-refractivity contribution in [3.63, 3.8) is 0 Å². The molecule has 0 amide bonds. The van der Waals surface area contributed by atoms with Gasteiger partial charge in [-0.1, -0.05) is 50.6 Å². The summed E-state index contributed by atoms with van der Waals surface area (Å²) in [6, 6.07) is 6.67. The van der Waals surface area contributed by atoms with E-state index in [2.05, 4.69) is 13.5 Å². The summed E-state index contributed by atoms with van der Waals surface area (Å²) in [5, 5.41) is 0. The summed E-state index contributed by atoms with van der Waals surface area (Å²) in [6.07, 6.45) is 9.98. The molecular formula is C30H36F4O. The summed E-state index contributed by atoms with van der Waals surface area (Å²) < 4.78 is 63.9. The van der Waals surface area contributed by atoms with Crippen LogP contribution < -0.4 is 4.74 Å². The minimum absolute atomic E-state index is 0.0108. The van der Waals surface area contributed by atoms with Crippen LogP contribution >= 0.6 is 0 Å². The molecule has 0 spiro atoms. The molecule has 0 heterocycles. The van der Waals surface area contributed by atoms with E-state index in [1.807, 2.05) is 12.1 Å². The fourth-order valence-electron chi connectivity index (χ4n) is 5.93. The summed E-state index contributed by atoms with van der Waals surface area (Å²) in [6.45, 7) is 5.84. The molecule has 2 aliphatic rings. The van der Waals surface area contributed by atoms with Gasteiger partial charge in [-0.25, -0.2) is 13.2 Å². The number of halogens is 4. The smallest absolute Gasteiger partial charge is 0.200 e. The van der Waals surface area contributed by atoms with Gasteiger partial charge in [-0.2, -0.15) is 4.39 Å². The molecule has 0 aromatic heterocycles. The van der Waals surface area contributed by atoms with Gasteiger partial charge in [0.1, 0.15) is 6.61 Å². The molecule has 2 aliphatic carbocycles. The van der Waals surface area contributed by atoms with Gasteiger partial charge in [-0.05, 0) is 97.8 Å². The third kappa shape index (κ3) is 5.92. The van der Waals surface area contributed by atoms with E-state index in [-0.39, 0.29) is 24.2 Å². The summed E-state index contributed by atoms with van der Waals surface area (Å²) in [7, 11) is 0. The van der Waals surface area contributed by atoms with Crippen LogP contribution in [0.4, 0.5) is 17.6 Å². The highest BCUT2D eigenvalue weighted by Crippen LogP contribution is 2.42. The first-order valence-corrected chi connectivity index (χ1v) is 13.1. The van der Waals surface area contributed by atoms with Crippen LogP contribution in [0.2, 0.25) is 0 Å². The number of hydrogen-bond acceptors (Lipinski definition) is 1. The maximum atomic E-state index is 15.1. The molecule has 0 aliphatic heterocycles. The molecule has 0 unspecified atom stereocenters. The molecule has 5 heteroatoms. The highest BCUT2D eigenvalue weighted by molar-refractivity contribution is 5.33. The van der Waals surface area contributed by atoms with Gasteiger partial charge in [-0.15, -0.1) is 0 Å². The number of benzene rings is 2. The van der Waals surface area contributed by atoms with Crippen molar-refractivity contribution in [2.24, 2.45) is 11.8 Å². The van der Waals surface area contributed by atoms with Crippen molar-refractivity contribution in [1.29, 1.82) is 0 Å². The predicted octanol–water partition coefficient (Wildman–Crippen LogP) is 9.01. The normalized spacial score (nSPS) is 24.8. The molecule has 4 rings (SSSR count). The van der Waals surface area contributed by atoms with Gasteiger partial charge >= 0.3 is 0 Å². The Hall–Kier alpha value is -2.30. The van der Waals surface area contributed by atoms with E-state index >= 15 is 4.39 Å². The van der Waals surface area contributed by atoms with Crippen molar-refractivity contribution in [2.45, 2.75) is 83.0 Å². The Labute approximate surface area is 206 Å². The molecule has 190 valence electrons. The van der Waals surface area contributed by atoms with Crippen LogP contribution in [0.15, 0.2) is 36.9 Å². The van der Waals surface area contributed by atoms with Gasteiger partial charge in [0.15, 0.2) is 23.2 Å². The lowest BCUT2D eigenvalue weighted by Crippen LogP contribution is -2.17. The summed E-state index contributed by atoms with van der Waals surface area (Å²) >= 11 is 0. The van der Waals surface area contributed by atoms with Gasteiger partial charge in [0.05, 0.1) is 0 Å². The number of aryl methyl sites for hydroxylation is 1. The van der Waals surface area contributed by atoms with Gasteiger partial charge in [0.25, 0.3) is 0 Å². The first-order valence-electron chi connectivity index (χ1n) is 13.1. The Morgan fingerprint density at radius 3 is 1.91 bits per heavy atom. The average Bonchev–Trinajstić information content (AvgIpc) is 2.87. The Balaban J connectivity index is 1.32. The number of hydrogen-bond donors (Lipinski definition) is 0. The fraction of sp³-hybridized carbons (Fsp3) is 0.533. The van der Waals surface area contributed by atoms with E-state index in [1.165, 1.54) is 12.1 Å². The lowest BCUT2D eigenvalue weighted by molar-refractivity contribution is 0.301. The molecule has 0 radical (unpaired) electrons. The van der Waals surface area contributed by atoms with Gasteiger partial charge in [-0.3, -0.25) is 0 Å². The zero-order valence-corrected chi connectivity index (χ0v) is 20.6. The van der Waals surface area contributed by atoms with Crippen LogP contribution in [0.1, 0.15) is 93.2 Å². The van der Waals surface area contributed by atoms with Crippen LogP contribution in [-0.2, 0) is 6.42 Å². The van der Waals surface area contributed by atoms with E-state index in [0.717, 1.165) is 57.8 Å². The summed E-state index contributed by atoms with van der Waals surface area (Å²) in [4.78, 5) is 0. The highest BCUT2D eigenvalue weighted by Gasteiger charge is 2.29. The lowest BCUT2D eigenvalue weighted by atomic mass is 9.75. The number of ether oxygens (including phenoxy) is 1. The van der Waals surface area contributed by atoms with Crippen LogP contribution in [0, 0.1) is 35.1 Å². The molecule has 2 fully saturated rings. The Bertz CT molecular complexity index is 1020. The lowest BCUT2D eigenvalue weighted by Gasteiger charge is -2.30. The maximum absolute atomic E-state index is 15.1. The molecule has 2 aromatic rings. The summed E-state index contributed by atoms with van der Waals surface area (Å²) in [5.41, 5.74) is 1.38. The predicted molar refractivity (Wildman–Crippen MR) is 132 cm³/mol. The third-order valence-corrected chi connectivity index (χ3v) is 8.19. The third-order valence-electron chi connectivity index (χ3n) is 8.19. The standard InChI is InChI=1S/C30H36F4O/c1-3-18-35-26-17-14-23(27(31)30(26)34)13-8-20-6-11-22(12-7-20)25-16-15-24(28(32)29(25)33)21-9-4-19(2)5-10-21/h3,14-17,19-22H,1,4-13,18H2,2H3. The van der Waals surface area contributed by atoms with Crippen molar-refractivity contribution in [1.82, 2.24) is 0 Å². The van der Waals surface area contributed by atoms with Crippen LogP contribution in [0.5, 0.6) is 5.75 Å². The minimum Gasteiger partial charge on any atom is -0.486 e. The van der Waals surface area contributed by atoms with Crippen LogP contribution in [-0.4, -0.2) is 6.61 Å². The van der Waals surface area contributed by atoms with Crippen LogP contribution in [0.25, 0.3) is 0 Å². The van der Waals surface area contributed by atoms with E-state index in [4.69, 9.17) is 4.74 Å². The molecule has 1 nitrogen and oxygen atoms in total. The fourth-order valence-corrected chi connectivity index (χ4v) is 5.93. The molecule has 0 bridgehead atoms. The average molecular weight is 489 g/mol. The zero-order chi connectivity index (χ0) is 24.9. The molecule has 35 heavy (non-hydrogen) atoms. The molecule has 2 saturated carbocycles. The Kier molecular flexibility index (Phi) is 8.56. The topological polar surface area (TPSA) is 9.23 Å². The van der Waals surface area contributed by atoms with Crippen molar-refractivity contribution in [2.75, 3.05) is 6.61 Å². The van der Waals surface area contributed by atoms with E-state index in [0.29, 0.717) is 34.9 Å². The zero-order valence-electron chi connectivity index (χ0n) is 20.6. The SMILES string of the molecule is C=CCOc1ccc(CCC2CCC(c3ccc(C4CCC(C)CC4)c(F)c3F)CC2)c(F)c1F. The molecule has 0 N–H and O–H groups in total. The molecule has 0 saturated heterocycles. The second-order valence-corrected chi connectivity index (χ2v) is 10.5. The Morgan fingerprint density at radius 1 is 0.771 bits per heavy atom. The van der Waals surface area contributed by atoms with Gasteiger partial charge in [0, 0.05) is 0 Å². The van der Waals surface area contributed by atoms with Crippen molar-refractivity contribution in [3.8, 4) is 5.75 Å². The number of rotatable bonds is 8. The van der Waals surface area contributed by atoms with E-state index in [1.54, 1.807) is 6.07 Å². The Morgan fingerprint density at radius 2 is 1.34 bits per heavy atom. The van der Waals surface area contributed by atoms with Crippen molar-refractivity contribution in [3.05, 3.63) is 76.9 Å². The van der Waals surface area contributed by atoms with Gasteiger partial charge < -0.3 is 4.74 Å². The molecule has 2 aromatic carbocycles. The maximum Gasteiger partial charge on any atom is 0.200 e. The summed E-state index contributed by atoms with van der Waals surface area (Å²) in [5.74, 6) is -2.08. The van der Waals surface area contributed by atoms with E-state index in [9.17, 15) is 13.2 Å². The quantitative estimate of drug-likeness (QED) is 0.266. The molecule has 0 atom stereocenters. The first kappa shape index (κ1) is 25.8. The highest BCUT2D eigenvalue weighted by atomic mass is 19.2. The second kappa shape index (κ2) is 11.6. The largest absolute Gasteiger partial charge is 0.486 e. The second-order valence-electron chi connectivity index (χ2n) is 10.5.